The van der Waals surface area contributed by atoms with E-state index in [-0.39, 0.29) is 22.6 Å². The van der Waals surface area contributed by atoms with Crippen LogP contribution in [0, 0.1) is 16.0 Å². The number of carbonyl (C=O) groups is 2. The van der Waals surface area contributed by atoms with Crippen molar-refractivity contribution in [3.63, 3.8) is 0 Å². The normalized spacial score (nSPS) is 12.2. The fourth-order valence-electron chi connectivity index (χ4n) is 3.73. The van der Waals surface area contributed by atoms with Gasteiger partial charge < -0.3 is 4.90 Å². The van der Waals surface area contributed by atoms with E-state index in [1.165, 1.54) is 35.2 Å². The molecule has 0 aliphatic rings. The average Bonchev–Trinajstić information content (AvgIpc) is 2.82. The monoisotopic (exact) mass is 483 g/mol. The van der Waals surface area contributed by atoms with Gasteiger partial charge in [0.05, 0.1) is 9.82 Å². The van der Waals surface area contributed by atoms with E-state index in [0.717, 1.165) is 5.39 Å². The highest BCUT2D eigenvalue weighted by Gasteiger charge is 2.34. The number of hydrogen-bond donors (Lipinski definition) is 1. The Hall–Kier alpha value is -3.79. The molecule has 0 aliphatic heterocycles. The van der Waals surface area contributed by atoms with Crippen LogP contribution < -0.4 is 4.72 Å². The minimum Gasteiger partial charge on any atom is -0.343 e. The summed E-state index contributed by atoms with van der Waals surface area (Å²) in [6, 6.07) is 17.4. The van der Waals surface area contributed by atoms with Gasteiger partial charge in [-0.2, -0.15) is 0 Å². The van der Waals surface area contributed by atoms with E-state index in [1.54, 1.807) is 38.1 Å². The zero-order valence-electron chi connectivity index (χ0n) is 18.8. The Morgan fingerprint density at radius 2 is 1.59 bits per heavy atom. The van der Waals surface area contributed by atoms with Gasteiger partial charge in [0, 0.05) is 24.7 Å². The van der Waals surface area contributed by atoms with Crippen LogP contribution in [0.5, 0.6) is 0 Å². The van der Waals surface area contributed by atoms with Crippen LogP contribution in [0.4, 0.5) is 5.69 Å². The topological polar surface area (TPSA) is 127 Å². The van der Waals surface area contributed by atoms with Gasteiger partial charge in [-0.1, -0.05) is 48.5 Å². The van der Waals surface area contributed by atoms with Crippen molar-refractivity contribution in [3.05, 3.63) is 82.4 Å². The summed E-state index contributed by atoms with van der Waals surface area (Å²) < 4.78 is 28.0. The summed E-state index contributed by atoms with van der Waals surface area (Å²) in [6.07, 6.45) is -0.314. The first-order valence-corrected chi connectivity index (χ1v) is 12.2. The third-order valence-corrected chi connectivity index (χ3v) is 6.91. The molecule has 2 amide bonds. The fraction of sp³-hybridized carbons (Fsp3) is 0.250. The van der Waals surface area contributed by atoms with Crippen molar-refractivity contribution < 1.29 is 22.9 Å². The molecule has 1 N–H and O–H groups in total. The number of nitro groups is 1. The van der Waals surface area contributed by atoms with Gasteiger partial charge in [0.2, 0.25) is 11.8 Å². The zero-order chi connectivity index (χ0) is 24.9. The Balaban J connectivity index is 1.95. The quantitative estimate of drug-likeness (QED) is 0.283. The summed E-state index contributed by atoms with van der Waals surface area (Å²) in [4.78, 5) is 38.4. The molecule has 9 nitrogen and oxygen atoms in total. The molecule has 34 heavy (non-hydrogen) atoms. The molecule has 0 aliphatic carbocycles. The number of sulfonamides is 1. The van der Waals surface area contributed by atoms with Crippen LogP contribution in [0.3, 0.4) is 0 Å². The summed E-state index contributed by atoms with van der Waals surface area (Å²) in [7, 11) is -4.29. The lowest BCUT2D eigenvalue weighted by Gasteiger charge is -2.24. The van der Waals surface area contributed by atoms with E-state index in [2.05, 4.69) is 0 Å². The smallest absolute Gasteiger partial charge is 0.272 e. The molecule has 1 atom stereocenters. The highest BCUT2D eigenvalue weighted by Crippen LogP contribution is 2.24. The second-order valence-electron chi connectivity index (χ2n) is 7.63. The van der Waals surface area contributed by atoms with Crippen LogP contribution in [0.25, 0.3) is 10.8 Å². The van der Waals surface area contributed by atoms with Crippen molar-refractivity contribution >= 4 is 38.3 Å². The largest absolute Gasteiger partial charge is 0.343 e. The van der Waals surface area contributed by atoms with Gasteiger partial charge >= 0.3 is 0 Å². The number of fused-ring (bicyclic) bond motifs is 1. The molecule has 10 heteroatoms. The summed E-state index contributed by atoms with van der Waals surface area (Å²) in [5.41, 5.74) is -0.0821. The van der Waals surface area contributed by atoms with E-state index < -0.39 is 32.7 Å². The van der Waals surface area contributed by atoms with Gasteiger partial charge in [0.1, 0.15) is 5.92 Å². The third-order valence-electron chi connectivity index (χ3n) is 5.57. The van der Waals surface area contributed by atoms with Gasteiger partial charge in [0.25, 0.3) is 15.7 Å². The Labute approximate surface area is 197 Å². The van der Waals surface area contributed by atoms with Gasteiger partial charge in [-0.3, -0.25) is 19.7 Å². The van der Waals surface area contributed by atoms with Crippen LogP contribution in [0.2, 0.25) is 0 Å². The number of rotatable bonds is 9. The number of carbonyl (C=O) groups excluding carboxylic acids is 2. The highest BCUT2D eigenvalue weighted by atomic mass is 32.2. The molecule has 3 rings (SSSR count). The zero-order valence-corrected chi connectivity index (χ0v) is 19.6. The van der Waals surface area contributed by atoms with Crippen LogP contribution in [-0.4, -0.2) is 43.1 Å². The van der Waals surface area contributed by atoms with Crippen molar-refractivity contribution in [1.29, 1.82) is 0 Å². The maximum absolute atomic E-state index is 13.2. The molecule has 0 fully saturated rings. The summed E-state index contributed by atoms with van der Waals surface area (Å²) >= 11 is 0. The molecule has 178 valence electrons. The fourth-order valence-corrected chi connectivity index (χ4v) is 4.78. The summed E-state index contributed by atoms with van der Waals surface area (Å²) in [5, 5.41) is 12.9. The van der Waals surface area contributed by atoms with Crippen molar-refractivity contribution in [2.45, 2.75) is 25.2 Å². The number of hydrogen-bond acceptors (Lipinski definition) is 6. The molecular weight excluding hydrogens is 458 g/mol. The summed E-state index contributed by atoms with van der Waals surface area (Å²) in [6.45, 7) is 4.06. The number of nitrogens with one attached hydrogen (secondary N) is 1. The van der Waals surface area contributed by atoms with Crippen molar-refractivity contribution in [1.82, 2.24) is 9.62 Å². The SMILES string of the molecule is CCN(CC)C(=O)C(Cc1ccccc1[N+](=O)[O-])C(=O)NS(=O)(=O)c1ccc2ccccc2c1. The number of nitro benzene ring substituents is 1. The Morgan fingerprint density at radius 1 is 0.971 bits per heavy atom. The van der Waals surface area contributed by atoms with Crippen molar-refractivity contribution in [2.24, 2.45) is 5.92 Å². The predicted molar refractivity (Wildman–Crippen MR) is 127 cm³/mol. The molecule has 0 saturated carbocycles. The standard InChI is InChI=1S/C24H25N3O6S/c1-3-26(4-2)24(29)21(16-19-11-7-8-12-22(19)27(30)31)23(28)25-34(32,33)20-14-13-17-9-5-6-10-18(17)15-20/h5-15,21H,3-4,16H2,1-2H3,(H,25,28). The molecule has 3 aromatic rings. The lowest BCUT2D eigenvalue weighted by atomic mass is 9.96. The molecule has 0 saturated heterocycles. The number of nitrogens with zero attached hydrogens (tertiary/aromatic N) is 2. The van der Waals surface area contributed by atoms with E-state index >= 15 is 0 Å². The number of para-hydroxylation sites is 1. The summed E-state index contributed by atoms with van der Waals surface area (Å²) in [5.74, 6) is -3.10. The van der Waals surface area contributed by atoms with E-state index in [0.29, 0.717) is 18.5 Å². The van der Waals surface area contributed by atoms with Crippen LogP contribution in [0.15, 0.2) is 71.6 Å². The molecule has 0 heterocycles. The lowest BCUT2D eigenvalue weighted by molar-refractivity contribution is -0.385. The minimum atomic E-state index is -4.29. The second kappa shape index (κ2) is 10.4. The molecule has 0 spiro atoms. The first kappa shape index (κ1) is 24.8. The first-order valence-electron chi connectivity index (χ1n) is 10.7. The number of amides is 2. The maximum Gasteiger partial charge on any atom is 0.272 e. The minimum absolute atomic E-state index is 0.126. The molecule has 1 unspecified atom stereocenters. The van der Waals surface area contributed by atoms with E-state index in [9.17, 15) is 28.1 Å². The average molecular weight is 484 g/mol. The lowest BCUT2D eigenvalue weighted by Crippen LogP contribution is -2.46. The van der Waals surface area contributed by atoms with E-state index in [4.69, 9.17) is 0 Å². The van der Waals surface area contributed by atoms with Crippen molar-refractivity contribution in [3.8, 4) is 0 Å². The van der Waals surface area contributed by atoms with Gasteiger partial charge in [-0.25, -0.2) is 13.1 Å². The predicted octanol–water partition coefficient (Wildman–Crippen LogP) is 3.28. The van der Waals surface area contributed by atoms with Crippen molar-refractivity contribution in [2.75, 3.05) is 13.1 Å². The molecule has 0 aromatic heterocycles. The first-order chi connectivity index (χ1) is 16.2. The Kier molecular flexibility index (Phi) is 7.62. The van der Waals surface area contributed by atoms with Crippen LogP contribution >= 0.6 is 0 Å². The highest BCUT2D eigenvalue weighted by molar-refractivity contribution is 7.90. The molecule has 0 radical (unpaired) electrons. The van der Waals surface area contributed by atoms with Gasteiger partial charge in [-0.15, -0.1) is 0 Å². The molecular formula is C24H25N3O6S. The van der Waals surface area contributed by atoms with Crippen LogP contribution in [0.1, 0.15) is 19.4 Å². The Bertz CT molecular complexity index is 1340. The number of benzene rings is 3. The Morgan fingerprint density at radius 3 is 2.24 bits per heavy atom. The maximum atomic E-state index is 13.2. The van der Waals surface area contributed by atoms with Crippen LogP contribution in [-0.2, 0) is 26.0 Å². The second-order valence-corrected chi connectivity index (χ2v) is 9.31. The third kappa shape index (κ3) is 5.40. The molecule has 0 bridgehead atoms. The van der Waals surface area contributed by atoms with Gasteiger partial charge in [0.15, 0.2) is 0 Å². The van der Waals surface area contributed by atoms with E-state index in [1.807, 2.05) is 16.9 Å². The van der Waals surface area contributed by atoms with Gasteiger partial charge in [-0.05, 0) is 43.2 Å². The molecule has 3 aromatic carbocycles.